The Morgan fingerprint density at radius 1 is 1.25 bits per heavy atom. The van der Waals surface area contributed by atoms with Gasteiger partial charge in [0, 0.05) is 31.3 Å². The standard InChI is InChI=1S/C22H20Cl2FN5O2/c1-3-19(31)29-11-6-12(7-11)32-18-8-13-16(9-17(18)26-2)27-10-28-22(13)30-15-5-4-14(23)20(24)21(15)25/h3-5,8-12,26H,1,6-7H2,2H3,(H,29,31)(H,27,28,30). The first-order valence-corrected chi connectivity index (χ1v) is 10.6. The molecule has 1 amide bonds. The van der Waals surface area contributed by atoms with E-state index in [0.717, 1.165) is 5.69 Å². The lowest BCUT2D eigenvalue weighted by Gasteiger charge is -2.36. The van der Waals surface area contributed by atoms with Crippen LogP contribution in [-0.2, 0) is 4.79 Å². The SMILES string of the molecule is C=CC(=O)NC1CC(Oc2cc3c(Nc4ccc(Cl)c(Cl)c4F)ncnc3cc2NC)C1. The molecule has 0 saturated heterocycles. The Morgan fingerprint density at radius 2 is 2.03 bits per heavy atom. The molecule has 10 heteroatoms. The van der Waals surface area contributed by atoms with Crippen LogP contribution in [0.5, 0.6) is 5.75 Å². The van der Waals surface area contributed by atoms with Crippen molar-refractivity contribution in [2.45, 2.75) is 25.0 Å². The molecular formula is C22H20Cl2FN5O2. The van der Waals surface area contributed by atoms with E-state index < -0.39 is 5.82 Å². The third-order valence-corrected chi connectivity index (χ3v) is 6.00. The maximum atomic E-state index is 14.5. The van der Waals surface area contributed by atoms with E-state index in [-0.39, 0.29) is 33.8 Å². The summed E-state index contributed by atoms with van der Waals surface area (Å²) in [6.45, 7) is 3.46. The quantitative estimate of drug-likeness (QED) is 0.326. The Hall–Kier alpha value is -3.10. The van der Waals surface area contributed by atoms with Crippen LogP contribution >= 0.6 is 23.2 Å². The van der Waals surface area contributed by atoms with Crippen molar-refractivity contribution in [3.8, 4) is 5.75 Å². The van der Waals surface area contributed by atoms with Crippen molar-refractivity contribution in [1.29, 1.82) is 0 Å². The highest BCUT2D eigenvalue weighted by atomic mass is 35.5. The number of aromatic nitrogens is 2. The molecule has 0 bridgehead atoms. The van der Waals surface area contributed by atoms with Gasteiger partial charge in [-0.15, -0.1) is 0 Å². The molecule has 1 fully saturated rings. The van der Waals surface area contributed by atoms with Gasteiger partial charge in [-0.05, 0) is 30.3 Å². The van der Waals surface area contributed by atoms with Gasteiger partial charge in [0.05, 0.1) is 26.9 Å². The fraction of sp³-hybridized carbons (Fsp3) is 0.227. The summed E-state index contributed by atoms with van der Waals surface area (Å²) in [6.07, 6.45) is 3.96. The molecule has 2 aromatic carbocycles. The molecule has 32 heavy (non-hydrogen) atoms. The number of carbonyl (C=O) groups is 1. The molecule has 0 spiro atoms. The summed E-state index contributed by atoms with van der Waals surface area (Å²) in [4.78, 5) is 20.0. The number of benzene rings is 2. The van der Waals surface area contributed by atoms with Gasteiger partial charge >= 0.3 is 0 Å². The number of anilines is 3. The first kappa shape index (κ1) is 22.1. The van der Waals surface area contributed by atoms with Crippen LogP contribution < -0.4 is 20.7 Å². The Balaban J connectivity index is 1.60. The minimum Gasteiger partial charge on any atom is -0.488 e. The van der Waals surface area contributed by atoms with Crippen LogP contribution in [0.3, 0.4) is 0 Å². The van der Waals surface area contributed by atoms with Gasteiger partial charge in [0.1, 0.15) is 24.0 Å². The van der Waals surface area contributed by atoms with E-state index in [9.17, 15) is 9.18 Å². The molecule has 0 aliphatic heterocycles. The molecule has 7 nitrogen and oxygen atoms in total. The van der Waals surface area contributed by atoms with Gasteiger partial charge in [0.2, 0.25) is 5.91 Å². The fourth-order valence-corrected chi connectivity index (χ4v) is 3.76. The molecule has 4 rings (SSSR count). The van der Waals surface area contributed by atoms with Crippen molar-refractivity contribution < 1.29 is 13.9 Å². The second-order valence-corrected chi connectivity index (χ2v) is 8.09. The largest absolute Gasteiger partial charge is 0.488 e. The van der Waals surface area contributed by atoms with Gasteiger partial charge in [-0.1, -0.05) is 29.8 Å². The van der Waals surface area contributed by atoms with Gasteiger partial charge in [0.15, 0.2) is 5.82 Å². The number of hydrogen-bond donors (Lipinski definition) is 3. The minimum atomic E-state index is -0.670. The molecule has 3 N–H and O–H groups in total. The van der Waals surface area contributed by atoms with Crippen LogP contribution in [-0.4, -0.2) is 35.1 Å². The van der Waals surface area contributed by atoms with Gasteiger partial charge in [0.25, 0.3) is 0 Å². The van der Waals surface area contributed by atoms with Crippen LogP contribution in [0.1, 0.15) is 12.8 Å². The maximum Gasteiger partial charge on any atom is 0.243 e. The monoisotopic (exact) mass is 475 g/mol. The summed E-state index contributed by atoms with van der Waals surface area (Å²) in [6, 6.07) is 6.68. The predicted octanol–water partition coefficient (Wildman–Crippen LogP) is 5.07. The number of ether oxygens (including phenoxy) is 1. The number of carbonyl (C=O) groups excluding carboxylic acids is 1. The molecule has 3 aromatic rings. The first-order valence-electron chi connectivity index (χ1n) is 9.86. The second-order valence-electron chi connectivity index (χ2n) is 7.31. The molecule has 1 saturated carbocycles. The fourth-order valence-electron chi connectivity index (χ4n) is 3.45. The van der Waals surface area contributed by atoms with Crippen LogP contribution in [0.2, 0.25) is 10.0 Å². The number of amides is 1. The van der Waals surface area contributed by atoms with Crippen LogP contribution in [0, 0.1) is 5.82 Å². The third kappa shape index (κ3) is 4.42. The van der Waals surface area contributed by atoms with Crippen molar-refractivity contribution in [2.75, 3.05) is 17.7 Å². The first-order chi connectivity index (χ1) is 15.4. The molecule has 0 atom stereocenters. The Labute approximate surface area is 194 Å². The minimum absolute atomic E-state index is 0.0526. The van der Waals surface area contributed by atoms with Gasteiger partial charge < -0.3 is 20.7 Å². The van der Waals surface area contributed by atoms with Gasteiger partial charge in [-0.3, -0.25) is 4.79 Å². The van der Waals surface area contributed by atoms with Crippen molar-refractivity contribution >= 4 is 57.2 Å². The van der Waals surface area contributed by atoms with E-state index in [4.69, 9.17) is 27.9 Å². The number of halogens is 3. The molecular weight excluding hydrogens is 456 g/mol. The number of nitrogens with one attached hydrogen (secondary N) is 3. The molecule has 0 radical (unpaired) electrons. The highest BCUT2D eigenvalue weighted by molar-refractivity contribution is 6.42. The van der Waals surface area contributed by atoms with Gasteiger partial charge in [-0.2, -0.15) is 0 Å². The van der Waals surface area contributed by atoms with Crippen LogP contribution in [0.25, 0.3) is 10.9 Å². The molecule has 1 aliphatic rings. The van der Waals surface area contributed by atoms with Gasteiger partial charge in [-0.25, -0.2) is 14.4 Å². The van der Waals surface area contributed by atoms with E-state index in [1.807, 2.05) is 6.07 Å². The third-order valence-electron chi connectivity index (χ3n) is 5.21. The lowest BCUT2D eigenvalue weighted by Crippen LogP contribution is -2.48. The van der Waals surface area contributed by atoms with Crippen molar-refractivity contribution in [3.05, 3.63) is 59.1 Å². The summed E-state index contributed by atoms with van der Waals surface area (Å²) >= 11 is 11.8. The zero-order valence-corrected chi connectivity index (χ0v) is 18.6. The Bertz CT molecular complexity index is 1200. The smallest absolute Gasteiger partial charge is 0.243 e. The van der Waals surface area contributed by atoms with Crippen LogP contribution in [0.4, 0.5) is 21.6 Å². The lowest BCUT2D eigenvalue weighted by molar-refractivity contribution is -0.118. The number of rotatable bonds is 7. The summed E-state index contributed by atoms with van der Waals surface area (Å²) in [5.74, 6) is 0.129. The normalized spacial score (nSPS) is 17.4. The second kappa shape index (κ2) is 9.18. The lowest BCUT2D eigenvalue weighted by atomic mass is 9.89. The van der Waals surface area contributed by atoms with E-state index in [1.54, 1.807) is 13.1 Å². The highest BCUT2D eigenvalue weighted by Crippen LogP contribution is 2.37. The molecule has 166 valence electrons. The molecule has 0 unspecified atom stereocenters. The van der Waals surface area contributed by atoms with Crippen molar-refractivity contribution in [3.63, 3.8) is 0 Å². The number of fused-ring (bicyclic) bond motifs is 1. The topological polar surface area (TPSA) is 88.2 Å². The molecule has 1 aromatic heterocycles. The Kier molecular flexibility index (Phi) is 6.34. The highest BCUT2D eigenvalue weighted by Gasteiger charge is 2.32. The summed E-state index contributed by atoms with van der Waals surface area (Å²) in [5, 5.41) is 9.52. The summed E-state index contributed by atoms with van der Waals surface area (Å²) in [5.41, 5.74) is 1.53. The van der Waals surface area contributed by atoms with E-state index in [2.05, 4.69) is 32.5 Å². The average Bonchev–Trinajstić information content (AvgIpc) is 2.77. The van der Waals surface area contributed by atoms with E-state index >= 15 is 0 Å². The number of nitrogens with zero attached hydrogens (tertiary/aromatic N) is 2. The predicted molar refractivity (Wildman–Crippen MR) is 125 cm³/mol. The summed E-state index contributed by atoms with van der Waals surface area (Å²) < 4.78 is 20.7. The summed E-state index contributed by atoms with van der Waals surface area (Å²) in [7, 11) is 1.79. The zero-order valence-electron chi connectivity index (χ0n) is 17.1. The Morgan fingerprint density at radius 3 is 2.75 bits per heavy atom. The maximum absolute atomic E-state index is 14.5. The van der Waals surface area contributed by atoms with E-state index in [1.165, 1.54) is 24.5 Å². The van der Waals surface area contributed by atoms with Crippen LogP contribution in [0.15, 0.2) is 43.2 Å². The van der Waals surface area contributed by atoms with E-state index in [0.29, 0.717) is 35.3 Å². The average molecular weight is 476 g/mol. The number of hydrogen-bond acceptors (Lipinski definition) is 6. The molecule has 1 aliphatic carbocycles. The van der Waals surface area contributed by atoms with Crippen molar-refractivity contribution in [1.82, 2.24) is 15.3 Å². The van der Waals surface area contributed by atoms with Crippen molar-refractivity contribution in [2.24, 2.45) is 0 Å². The zero-order chi connectivity index (χ0) is 22.8. The molecule has 1 heterocycles.